The van der Waals surface area contributed by atoms with Crippen LogP contribution < -0.4 is 4.74 Å². The summed E-state index contributed by atoms with van der Waals surface area (Å²) < 4.78 is 35.2. The Hall–Kier alpha value is -2.31. The standard InChI is InChI=1S/C21H24N2O3S/c1-3-26-18-8-10-19(11-9-18)27(24,25)23-13-12-17(15-23)21-14-16-6-4-5-7-20(16)22(21)2/h4-11,14,17H,3,12-13,15H2,1-2H3. The van der Waals surface area contributed by atoms with Crippen molar-refractivity contribution in [2.45, 2.75) is 24.2 Å². The van der Waals surface area contributed by atoms with E-state index in [1.54, 1.807) is 28.6 Å². The van der Waals surface area contributed by atoms with E-state index in [2.05, 4.69) is 29.8 Å². The minimum absolute atomic E-state index is 0.208. The smallest absolute Gasteiger partial charge is 0.243 e. The molecule has 1 aromatic heterocycles. The molecule has 1 saturated heterocycles. The molecule has 4 rings (SSSR count). The Bertz CT molecular complexity index is 1050. The Balaban J connectivity index is 1.56. The molecule has 0 aliphatic carbocycles. The lowest BCUT2D eigenvalue weighted by Crippen LogP contribution is -2.28. The van der Waals surface area contributed by atoms with Crippen LogP contribution in [0.25, 0.3) is 10.9 Å². The van der Waals surface area contributed by atoms with Crippen molar-refractivity contribution >= 4 is 20.9 Å². The molecular formula is C21H24N2O3S. The summed E-state index contributed by atoms with van der Waals surface area (Å²) in [6.45, 7) is 3.52. The van der Waals surface area contributed by atoms with Gasteiger partial charge in [-0.25, -0.2) is 8.42 Å². The summed E-state index contributed by atoms with van der Waals surface area (Å²) in [4.78, 5) is 0.323. The van der Waals surface area contributed by atoms with E-state index >= 15 is 0 Å². The molecule has 2 heterocycles. The fourth-order valence-electron chi connectivity index (χ4n) is 3.91. The van der Waals surface area contributed by atoms with Crippen LogP contribution in [0.2, 0.25) is 0 Å². The van der Waals surface area contributed by atoms with Gasteiger partial charge in [0.2, 0.25) is 10.0 Å². The van der Waals surface area contributed by atoms with E-state index in [0.717, 1.165) is 6.42 Å². The molecule has 0 radical (unpaired) electrons. The fourth-order valence-corrected chi connectivity index (χ4v) is 5.41. The van der Waals surface area contributed by atoms with E-state index in [1.807, 2.05) is 19.1 Å². The van der Waals surface area contributed by atoms with E-state index in [-0.39, 0.29) is 5.92 Å². The molecule has 142 valence electrons. The van der Waals surface area contributed by atoms with Crippen LogP contribution in [0.1, 0.15) is 25.0 Å². The van der Waals surface area contributed by atoms with Crippen LogP contribution in [0.3, 0.4) is 0 Å². The van der Waals surface area contributed by atoms with Crippen LogP contribution >= 0.6 is 0 Å². The van der Waals surface area contributed by atoms with Crippen LogP contribution in [0.15, 0.2) is 59.5 Å². The number of hydrogen-bond donors (Lipinski definition) is 0. The SMILES string of the molecule is CCOc1ccc(S(=O)(=O)N2CCC(c3cc4ccccc4n3C)C2)cc1. The van der Waals surface area contributed by atoms with Gasteiger partial charge in [0.15, 0.2) is 0 Å². The number of rotatable bonds is 5. The molecule has 1 atom stereocenters. The second-order valence-electron chi connectivity index (χ2n) is 6.94. The summed E-state index contributed by atoms with van der Waals surface area (Å²) in [6.07, 6.45) is 0.834. The lowest BCUT2D eigenvalue weighted by molar-refractivity contribution is 0.340. The second-order valence-corrected chi connectivity index (χ2v) is 8.88. The Labute approximate surface area is 160 Å². The van der Waals surface area contributed by atoms with Crippen LogP contribution in [0.4, 0.5) is 0 Å². The molecule has 5 nitrogen and oxygen atoms in total. The molecule has 0 saturated carbocycles. The molecule has 0 N–H and O–H groups in total. The maximum atomic E-state index is 13.0. The molecule has 3 aromatic rings. The van der Waals surface area contributed by atoms with Crippen LogP contribution in [0.5, 0.6) is 5.75 Å². The van der Waals surface area contributed by atoms with Gasteiger partial charge in [-0.1, -0.05) is 18.2 Å². The Morgan fingerprint density at radius 1 is 1.11 bits per heavy atom. The van der Waals surface area contributed by atoms with E-state index in [4.69, 9.17) is 4.74 Å². The van der Waals surface area contributed by atoms with Crippen molar-refractivity contribution in [3.8, 4) is 5.75 Å². The van der Waals surface area contributed by atoms with Gasteiger partial charge in [-0.15, -0.1) is 0 Å². The molecule has 1 aliphatic heterocycles. The molecule has 0 bridgehead atoms. The first-order valence-electron chi connectivity index (χ1n) is 9.28. The Morgan fingerprint density at radius 2 is 1.85 bits per heavy atom. The highest BCUT2D eigenvalue weighted by Crippen LogP contribution is 2.34. The van der Waals surface area contributed by atoms with Gasteiger partial charge < -0.3 is 9.30 Å². The van der Waals surface area contributed by atoms with Gasteiger partial charge in [-0.2, -0.15) is 4.31 Å². The van der Waals surface area contributed by atoms with Crippen molar-refractivity contribution in [2.24, 2.45) is 7.05 Å². The van der Waals surface area contributed by atoms with Crippen molar-refractivity contribution in [1.29, 1.82) is 0 Å². The van der Waals surface area contributed by atoms with E-state index in [0.29, 0.717) is 30.3 Å². The molecular weight excluding hydrogens is 360 g/mol. The van der Waals surface area contributed by atoms with Gasteiger partial charge in [0, 0.05) is 37.3 Å². The van der Waals surface area contributed by atoms with E-state index in [9.17, 15) is 8.42 Å². The third-order valence-corrected chi connectivity index (χ3v) is 7.21. The van der Waals surface area contributed by atoms with Crippen molar-refractivity contribution in [1.82, 2.24) is 8.87 Å². The number of nitrogens with zero attached hydrogens (tertiary/aromatic N) is 2. The van der Waals surface area contributed by atoms with Gasteiger partial charge in [0.05, 0.1) is 11.5 Å². The zero-order valence-electron chi connectivity index (χ0n) is 15.6. The number of ether oxygens (including phenoxy) is 1. The summed E-state index contributed by atoms with van der Waals surface area (Å²) >= 11 is 0. The number of para-hydroxylation sites is 1. The predicted octanol–water partition coefficient (Wildman–Crippen LogP) is 3.76. The number of aromatic nitrogens is 1. The lowest BCUT2D eigenvalue weighted by atomic mass is 10.1. The topological polar surface area (TPSA) is 51.5 Å². The van der Waals surface area contributed by atoms with Gasteiger partial charge in [0.1, 0.15) is 5.75 Å². The molecule has 27 heavy (non-hydrogen) atoms. The highest BCUT2D eigenvalue weighted by atomic mass is 32.2. The predicted molar refractivity (Wildman–Crippen MR) is 107 cm³/mol. The number of fused-ring (bicyclic) bond motifs is 1. The fraction of sp³-hybridized carbons (Fsp3) is 0.333. The first-order valence-corrected chi connectivity index (χ1v) is 10.7. The minimum atomic E-state index is -3.49. The zero-order chi connectivity index (χ0) is 19.0. The summed E-state index contributed by atoms with van der Waals surface area (Å²) in [5.74, 6) is 0.895. The molecule has 1 unspecified atom stereocenters. The first-order chi connectivity index (χ1) is 13.0. The average Bonchev–Trinajstić information content (AvgIpc) is 3.28. The van der Waals surface area contributed by atoms with Crippen molar-refractivity contribution in [2.75, 3.05) is 19.7 Å². The third kappa shape index (κ3) is 3.24. The minimum Gasteiger partial charge on any atom is -0.494 e. The number of sulfonamides is 1. The van der Waals surface area contributed by atoms with Crippen molar-refractivity contribution in [3.05, 3.63) is 60.3 Å². The van der Waals surface area contributed by atoms with E-state index < -0.39 is 10.0 Å². The molecule has 1 fully saturated rings. The van der Waals surface area contributed by atoms with Crippen molar-refractivity contribution in [3.63, 3.8) is 0 Å². The molecule has 6 heteroatoms. The summed E-state index contributed by atoms with van der Waals surface area (Å²) in [5, 5.41) is 1.20. The Morgan fingerprint density at radius 3 is 2.56 bits per heavy atom. The molecule has 0 amide bonds. The molecule has 2 aromatic carbocycles. The first kappa shape index (κ1) is 18.1. The highest BCUT2D eigenvalue weighted by molar-refractivity contribution is 7.89. The van der Waals surface area contributed by atoms with Crippen LogP contribution in [0, 0.1) is 0 Å². The lowest BCUT2D eigenvalue weighted by Gasteiger charge is -2.17. The maximum absolute atomic E-state index is 13.0. The van der Waals surface area contributed by atoms with Gasteiger partial charge in [-0.05, 0) is 55.1 Å². The van der Waals surface area contributed by atoms with Gasteiger partial charge in [0.25, 0.3) is 0 Å². The van der Waals surface area contributed by atoms with Crippen molar-refractivity contribution < 1.29 is 13.2 Å². The van der Waals surface area contributed by atoms with Gasteiger partial charge in [-0.3, -0.25) is 0 Å². The number of aryl methyl sites for hydroxylation is 1. The quantitative estimate of drug-likeness (QED) is 0.673. The molecule has 1 aliphatic rings. The number of benzene rings is 2. The largest absolute Gasteiger partial charge is 0.494 e. The third-order valence-electron chi connectivity index (χ3n) is 5.33. The highest BCUT2D eigenvalue weighted by Gasteiger charge is 2.34. The monoisotopic (exact) mass is 384 g/mol. The maximum Gasteiger partial charge on any atom is 0.243 e. The normalized spacial score (nSPS) is 18.2. The van der Waals surface area contributed by atoms with Crippen LogP contribution in [-0.2, 0) is 17.1 Å². The van der Waals surface area contributed by atoms with Crippen LogP contribution in [-0.4, -0.2) is 37.0 Å². The summed E-state index contributed by atoms with van der Waals surface area (Å²) in [7, 11) is -1.43. The summed E-state index contributed by atoms with van der Waals surface area (Å²) in [5.41, 5.74) is 2.38. The zero-order valence-corrected chi connectivity index (χ0v) is 16.4. The molecule has 0 spiro atoms. The second kappa shape index (κ2) is 7.02. The van der Waals surface area contributed by atoms with E-state index in [1.165, 1.54) is 16.6 Å². The summed E-state index contributed by atoms with van der Waals surface area (Å²) in [6, 6.07) is 17.1. The Kier molecular flexibility index (Phi) is 4.70. The van der Waals surface area contributed by atoms with Gasteiger partial charge >= 0.3 is 0 Å². The average molecular weight is 385 g/mol. The number of hydrogen-bond acceptors (Lipinski definition) is 3.